The van der Waals surface area contributed by atoms with Crippen LogP contribution in [0, 0.1) is 0 Å². The lowest BCUT2D eigenvalue weighted by molar-refractivity contribution is -0.130. The van der Waals surface area contributed by atoms with E-state index in [0.29, 0.717) is 23.6 Å². The molecule has 1 unspecified atom stereocenters. The predicted octanol–water partition coefficient (Wildman–Crippen LogP) is 2.19. The van der Waals surface area contributed by atoms with E-state index in [0.717, 1.165) is 11.3 Å². The Bertz CT molecular complexity index is 777. The lowest BCUT2D eigenvalue weighted by Gasteiger charge is -2.21. The molecule has 2 aromatic rings. The van der Waals surface area contributed by atoms with Crippen LogP contribution in [-0.4, -0.2) is 40.8 Å². The highest BCUT2D eigenvalue weighted by Gasteiger charge is 2.32. The van der Waals surface area contributed by atoms with E-state index in [1.54, 1.807) is 32.8 Å². The Labute approximate surface area is 139 Å². The Morgan fingerprint density at radius 2 is 2.00 bits per heavy atom. The fraction of sp³-hybridized carbons (Fsp3) is 0.294. The zero-order valence-corrected chi connectivity index (χ0v) is 13.8. The average molecular weight is 326 g/mol. The molecular weight excluding hydrogens is 308 g/mol. The van der Waals surface area contributed by atoms with Crippen molar-refractivity contribution in [3.05, 3.63) is 48.0 Å². The number of rotatable bonds is 4. The number of methoxy groups -OCH3 is 2. The molecule has 7 heteroatoms. The molecule has 2 heterocycles. The first-order valence-corrected chi connectivity index (χ1v) is 7.49. The van der Waals surface area contributed by atoms with Crippen molar-refractivity contribution in [3.8, 4) is 11.5 Å². The topological polar surface area (TPSA) is 76.9 Å². The second-order valence-electron chi connectivity index (χ2n) is 5.34. The molecule has 1 aromatic heterocycles. The summed E-state index contributed by atoms with van der Waals surface area (Å²) in [6, 6.07) is 5.40. The van der Waals surface area contributed by atoms with Gasteiger partial charge in [0.1, 0.15) is 5.69 Å². The van der Waals surface area contributed by atoms with Gasteiger partial charge in [-0.05, 0) is 17.7 Å². The molecule has 0 N–H and O–H groups in total. The first kappa shape index (κ1) is 15.9. The minimum atomic E-state index is -0.209. The molecule has 24 heavy (non-hydrogen) atoms. The first-order chi connectivity index (χ1) is 11.6. The van der Waals surface area contributed by atoms with Gasteiger partial charge in [-0.25, -0.2) is 5.01 Å². The second kappa shape index (κ2) is 6.66. The van der Waals surface area contributed by atoms with Crippen molar-refractivity contribution in [2.75, 3.05) is 14.2 Å². The monoisotopic (exact) mass is 326 g/mol. The first-order valence-electron chi connectivity index (χ1n) is 7.49. The molecule has 1 aromatic carbocycles. The number of hydrogen-bond acceptors (Lipinski definition) is 6. The summed E-state index contributed by atoms with van der Waals surface area (Å²) in [4.78, 5) is 20.3. The largest absolute Gasteiger partial charge is 0.493 e. The number of nitrogens with zero attached hydrogens (tertiary/aromatic N) is 4. The Morgan fingerprint density at radius 3 is 2.62 bits per heavy atom. The number of benzene rings is 1. The minimum Gasteiger partial charge on any atom is -0.493 e. The summed E-state index contributed by atoms with van der Waals surface area (Å²) in [6.07, 6.45) is 5.43. The quantitative estimate of drug-likeness (QED) is 0.861. The molecule has 124 valence electrons. The van der Waals surface area contributed by atoms with Crippen LogP contribution in [0.25, 0.3) is 0 Å². The summed E-state index contributed by atoms with van der Waals surface area (Å²) in [7, 11) is 3.17. The van der Waals surface area contributed by atoms with Crippen LogP contribution < -0.4 is 9.47 Å². The van der Waals surface area contributed by atoms with Crippen molar-refractivity contribution >= 4 is 11.6 Å². The normalized spacial score (nSPS) is 16.7. The van der Waals surface area contributed by atoms with Gasteiger partial charge in [0, 0.05) is 25.7 Å². The third-order valence-electron chi connectivity index (χ3n) is 3.88. The average Bonchev–Trinajstić information content (AvgIpc) is 3.07. The Morgan fingerprint density at radius 1 is 1.21 bits per heavy atom. The molecule has 3 rings (SSSR count). The summed E-state index contributed by atoms with van der Waals surface area (Å²) >= 11 is 0. The van der Waals surface area contributed by atoms with Crippen LogP contribution in [0.1, 0.15) is 30.6 Å². The van der Waals surface area contributed by atoms with E-state index >= 15 is 0 Å². The van der Waals surface area contributed by atoms with Crippen LogP contribution in [0.3, 0.4) is 0 Å². The van der Waals surface area contributed by atoms with E-state index in [-0.39, 0.29) is 11.9 Å². The summed E-state index contributed by atoms with van der Waals surface area (Å²) in [5.74, 6) is 1.13. The van der Waals surface area contributed by atoms with Gasteiger partial charge in [-0.2, -0.15) is 5.10 Å². The number of carbonyl (C=O) groups excluding carboxylic acids is 1. The number of ether oxygens (including phenoxy) is 2. The van der Waals surface area contributed by atoms with E-state index in [1.165, 1.54) is 11.9 Å². The third-order valence-corrected chi connectivity index (χ3v) is 3.88. The van der Waals surface area contributed by atoms with Crippen molar-refractivity contribution in [1.82, 2.24) is 15.0 Å². The van der Waals surface area contributed by atoms with E-state index in [1.807, 2.05) is 18.2 Å². The Balaban J connectivity index is 1.95. The van der Waals surface area contributed by atoms with Crippen molar-refractivity contribution in [3.63, 3.8) is 0 Å². The number of hydrogen-bond donors (Lipinski definition) is 0. The molecular formula is C17H18N4O3. The SMILES string of the molecule is COc1ccc(C2CC(c3cnccn3)=NN2C(C)=O)cc1OC. The van der Waals surface area contributed by atoms with Crippen LogP contribution in [0.5, 0.6) is 11.5 Å². The molecule has 0 bridgehead atoms. The van der Waals surface area contributed by atoms with Gasteiger partial charge < -0.3 is 9.47 Å². The lowest BCUT2D eigenvalue weighted by atomic mass is 10.00. The van der Waals surface area contributed by atoms with E-state index in [9.17, 15) is 4.79 Å². The van der Waals surface area contributed by atoms with Crippen LogP contribution in [-0.2, 0) is 4.79 Å². The van der Waals surface area contributed by atoms with Gasteiger partial charge in [-0.3, -0.25) is 14.8 Å². The molecule has 1 atom stereocenters. The maximum atomic E-state index is 12.0. The fourth-order valence-corrected chi connectivity index (χ4v) is 2.72. The summed E-state index contributed by atoms with van der Waals surface area (Å²) in [5, 5.41) is 5.92. The molecule has 1 aliphatic rings. The molecule has 0 saturated carbocycles. The van der Waals surface area contributed by atoms with Gasteiger partial charge in [0.2, 0.25) is 5.91 Å². The van der Waals surface area contributed by atoms with Crippen LogP contribution in [0.2, 0.25) is 0 Å². The summed E-state index contributed by atoms with van der Waals surface area (Å²) in [6.45, 7) is 1.50. The zero-order chi connectivity index (χ0) is 17.1. The van der Waals surface area contributed by atoms with Crippen LogP contribution in [0.4, 0.5) is 0 Å². The highest BCUT2D eigenvalue weighted by Crippen LogP contribution is 2.36. The molecule has 0 spiro atoms. The highest BCUT2D eigenvalue weighted by atomic mass is 16.5. The van der Waals surface area contributed by atoms with Gasteiger partial charge in [-0.1, -0.05) is 6.07 Å². The fourth-order valence-electron chi connectivity index (χ4n) is 2.72. The summed E-state index contributed by atoms with van der Waals surface area (Å²) in [5.41, 5.74) is 2.33. The van der Waals surface area contributed by atoms with Gasteiger partial charge >= 0.3 is 0 Å². The van der Waals surface area contributed by atoms with E-state index in [4.69, 9.17) is 9.47 Å². The lowest BCUT2D eigenvalue weighted by Crippen LogP contribution is -2.24. The number of carbonyl (C=O) groups is 1. The molecule has 0 aliphatic carbocycles. The molecule has 1 aliphatic heterocycles. The van der Waals surface area contributed by atoms with Crippen LogP contribution in [0.15, 0.2) is 41.9 Å². The Hall–Kier alpha value is -2.96. The van der Waals surface area contributed by atoms with Crippen LogP contribution >= 0.6 is 0 Å². The smallest absolute Gasteiger partial charge is 0.240 e. The molecule has 1 amide bonds. The number of hydrazone groups is 1. The highest BCUT2D eigenvalue weighted by molar-refractivity contribution is 6.01. The maximum Gasteiger partial charge on any atom is 0.240 e. The Kier molecular flexibility index (Phi) is 4.41. The standard InChI is InChI=1S/C17H18N4O3/c1-11(22)21-15(9-13(20-21)14-10-18-6-7-19-14)12-4-5-16(23-2)17(8-12)24-3/h4-8,10,15H,9H2,1-3H3. The van der Waals surface area contributed by atoms with Gasteiger partial charge in [0.05, 0.1) is 32.2 Å². The zero-order valence-electron chi connectivity index (χ0n) is 13.8. The van der Waals surface area contributed by atoms with E-state index in [2.05, 4.69) is 15.1 Å². The molecule has 0 radical (unpaired) electrons. The second-order valence-corrected chi connectivity index (χ2v) is 5.34. The van der Waals surface area contributed by atoms with Crippen molar-refractivity contribution in [1.29, 1.82) is 0 Å². The minimum absolute atomic E-state index is 0.131. The third kappa shape index (κ3) is 2.92. The summed E-state index contributed by atoms with van der Waals surface area (Å²) < 4.78 is 10.6. The molecule has 7 nitrogen and oxygen atoms in total. The van der Waals surface area contributed by atoms with Gasteiger partial charge in [-0.15, -0.1) is 0 Å². The van der Waals surface area contributed by atoms with E-state index < -0.39 is 0 Å². The number of aromatic nitrogens is 2. The molecule has 0 fully saturated rings. The van der Waals surface area contributed by atoms with Crippen molar-refractivity contribution in [2.45, 2.75) is 19.4 Å². The molecule has 0 saturated heterocycles. The van der Waals surface area contributed by atoms with Gasteiger partial charge in [0.25, 0.3) is 0 Å². The maximum absolute atomic E-state index is 12.0. The van der Waals surface area contributed by atoms with Crippen molar-refractivity contribution < 1.29 is 14.3 Å². The van der Waals surface area contributed by atoms with Crippen molar-refractivity contribution in [2.24, 2.45) is 5.10 Å². The van der Waals surface area contributed by atoms with Gasteiger partial charge in [0.15, 0.2) is 11.5 Å². The predicted molar refractivity (Wildman–Crippen MR) is 88.0 cm³/mol. The number of amides is 1.